The molecule has 2 aromatic carbocycles. The van der Waals surface area contributed by atoms with Crippen LogP contribution in [0, 0.1) is 0 Å². The number of rotatable bonds is 9. The van der Waals surface area contributed by atoms with Gasteiger partial charge in [-0.3, -0.25) is 14.4 Å². The molecule has 31 heavy (non-hydrogen) atoms. The Hall–Kier alpha value is -3.88. The van der Waals surface area contributed by atoms with Crippen LogP contribution in [0.3, 0.4) is 0 Å². The summed E-state index contributed by atoms with van der Waals surface area (Å²) in [7, 11) is 1.57. The number of anilines is 1. The van der Waals surface area contributed by atoms with E-state index in [9.17, 15) is 14.4 Å². The summed E-state index contributed by atoms with van der Waals surface area (Å²) in [5.74, 6) is -0.664. The third-order valence-corrected chi connectivity index (χ3v) is 4.20. The Balaban J connectivity index is 1.76. The molecule has 3 N–H and O–H groups in total. The van der Waals surface area contributed by atoms with Crippen molar-refractivity contribution >= 4 is 29.6 Å². The van der Waals surface area contributed by atoms with Crippen LogP contribution in [0.5, 0.6) is 11.5 Å². The van der Waals surface area contributed by atoms with Gasteiger partial charge < -0.3 is 20.1 Å². The summed E-state index contributed by atoms with van der Waals surface area (Å²) in [4.78, 5) is 35.3. The Labute approximate surface area is 180 Å². The zero-order valence-corrected chi connectivity index (χ0v) is 17.7. The van der Waals surface area contributed by atoms with Crippen LogP contribution in [-0.2, 0) is 14.4 Å². The van der Waals surface area contributed by atoms with Crippen molar-refractivity contribution in [3.8, 4) is 11.5 Å². The summed E-state index contributed by atoms with van der Waals surface area (Å²) in [6, 6.07) is 13.6. The number of amides is 3. The minimum Gasteiger partial charge on any atom is -0.497 e. The quantitative estimate of drug-likeness (QED) is 0.322. The van der Waals surface area contributed by atoms with E-state index in [1.807, 2.05) is 6.92 Å². The second-order valence-corrected chi connectivity index (χ2v) is 6.62. The molecule has 0 aromatic heterocycles. The first-order valence-corrected chi connectivity index (χ1v) is 9.72. The van der Waals surface area contributed by atoms with E-state index < -0.39 is 11.8 Å². The molecule has 0 fully saturated rings. The maximum Gasteiger partial charge on any atom is 0.329 e. The van der Waals surface area contributed by atoms with E-state index in [0.717, 1.165) is 6.42 Å². The highest BCUT2D eigenvalue weighted by molar-refractivity contribution is 6.35. The van der Waals surface area contributed by atoms with E-state index in [1.165, 1.54) is 6.21 Å². The Morgan fingerprint density at radius 2 is 1.65 bits per heavy atom. The van der Waals surface area contributed by atoms with Crippen molar-refractivity contribution in [3.05, 3.63) is 54.1 Å². The summed E-state index contributed by atoms with van der Waals surface area (Å²) < 4.78 is 10.5. The van der Waals surface area contributed by atoms with Gasteiger partial charge in [0.05, 0.1) is 13.3 Å². The van der Waals surface area contributed by atoms with Crippen LogP contribution >= 0.6 is 0 Å². The molecule has 1 atom stereocenters. The van der Waals surface area contributed by atoms with Gasteiger partial charge in [0.1, 0.15) is 11.5 Å². The molecule has 0 spiro atoms. The number of hydrogen-bond donors (Lipinski definition) is 3. The van der Waals surface area contributed by atoms with Gasteiger partial charge in [0.2, 0.25) is 0 Å². The minimum absolute atomic E-state index is 0.0898. The van der Waals surface area contributed by atoms with Crippen LogP contribution in [0.15, 0.2) is 53.6 Å². The molecule has 2 rings (SSSR count). The standard InChI is InChI=1S/C22H26N4O5/c1-4-15(2)24-21(28)22(29)26-23-13-16-5-9-19(10-6-16)31-14-20(27)25-17-7-11-18(30-3)12-8-17/h5-13,15H,4,14H2,1-3H3,(H,24,28)(H,25,27)(H,26,29)/b23-13-/t15-/m0/s1. The second-order valence-electron chi connectivity index (χ2n) is 6.62. The molecule has 164 valence electrons. The maximum atomic E-state index is 12.0. The van der Waals surface area contributed by atoms with Crippen LogP contribution in [0.25, 0.3) is 0 Å². The summed E-state index contributed by atoms with van der Waals surface area (Å²) >= 11 is 0. The van der Waals surface area contributed by atoms with Crippen LogP contribution in [0.4, 0.5) is 5.69 Å². The minimum atomic E-state index is -0.834. The van der Waals surface area contributed by atoms with Gasteiger partial charge in [-0.15, -0.1) is 0 Å². The van der Waals surface area contributed by atoms with Gasteiger partial charge >= 0.3 is 11.8 Å². The van der Waals surface area contributed by atoms with Crippen LogP contribution in [0.1, 0.15) is 25.8 Å². The zero-order valence-electron chi connectivity index (χ0n) is 17.7. The van der Waals surface area contributed by atoms with Crippen LogP contribution < -0.4 is 25.5 Å². The Kier molecular flexibility index (Phi) is 9.03. The van der Waals surface area contributed by atoms with Gasteiger partial charge in [0.25, 0.3) is 5.91 Å². The molecule has 0 unspecified atom stereocenters. The molecular weight excluding hydrogens is 400 g/mol. The number of nitrogens with zero attached hydrogens (tertiary/aromatic N) is 1. The van der Waals surface area contributed by atoms with E-state index in [1.54, 1.807) is 62.6 Å². The SMILES string of the molecule is CC[C@H](C)NC(=O)C(=O)N/N=C\c1ccc(OCC(=O)Nc2ccc(OC)cc2)cc1. The normalized spacial score (nSPS) is 11.5. The average molecular weight is 426 g/mol. The van der Waals surface area contributed by atoms with Gasteiger partial charge in [-0.05, 0) is 67.4 Å². The Morgan fingerprint density at radius 3 is 2.26 bits per heavy atom. The lowest BCUT2D eigenvalue weighted by Crippen LogP contribution is -2.41. The lowest BCUT2D eigenvalue weighted by molar-refractivity contribution is -0.139. The van der Waals surface area contributed by atoms with Crippen LogP contribution in [0.2, 0.25) is 0 Å². The molecule has 9 nitrogen and oxygen atoms in total. The number of ether oxygens (including phenoxy) is 2. The number of hydrazone groups is 1. The molecule has 0 saturated heterocycles. The summed E-state index contributed by atoms with van der Waals surface area (Å²) in [5.41, 5.74) is 3.49. The first-order valence-electron chi connectivity index (χ1n) is 9.72. The highest BCUT2D eigenvalue weighted by Gasteiger charge is 2.14. The highest BCUT2D eigenvalue weighted by Crippen LogP contribution is 2.15. The third kappa shape index (κ3) is 8.17. The fraction of sp³-hybridized carbons (Fsp3) is 0.273. The molecule has 3 amide bonds. The van der Waals surface area contributed by atoms with E-state index in [0.29, 0.717) is 22.7 Å². The van der Waals surface area contributed by atoms with E-state index in [-0.39, 0.29) is 18.6 Å². The predicted octanol–water partition coefficient (Wildman–Crippen LogP) is 2.08. The molecule has 0 bridgehead atoms. The zero-order chi connectivity index (χ0) is 22.6. The molecule has 0 heterocycles. The summed E-state index contributed by atoms with van der Waals surface area (Å²) in [5, 5.41) is 9.03. The molecule has 9 heteroatoms. The van der Waals surface area contributed by atoms with Crippen molar-refractivity contribution in [1.29, 1.82) is 0 Å². The molecule has 0 aliphatic rings. The monoisotopic (exact) mass is 426 g/mol. The fourth-order valence-corrected chi connectivity index (χ4v) is 2.28. The number of benzene rings is 2. The van der Waals surface area contributed by atoms with Crippen LogP contribution in [-0.4, -0.2) is 43.7 Å². The van der Waals surface area contributed by atoms with E-state index in [4.69, 9.17) is 9.47 Å². The van der Waals surface area contributed by atoms with Gasteiger partial charge in [-0.2, -0.15) is 5.10 Å². The lowest BCUT2D eigenvalue weighted by Gasteiger charge is -2.09. The number of carbonyl (C=O) groups excluding carboxylic acids is 3. The molecule has 0 saturated carbocycles. The molecular formula is C22H26N4O5. The van der Waals surface area contributed by atoms with E-state index in [2.05, 4.69) is 21.2 Å². The first-order chi connectivity index (χ1) is 14.9. The number of nitrogens with one attached hydrogen (secondary N) is 3. The van der Waals surface area contributed by atoms with Crippen molar-refractivity contribution in [3.63, 3.8) is 0 Å². The van der Waals surface area contributed by atoms with Crippen molar-refractivity contribution < 1.29 is 23.9 Å². The molecule has 0 radical (unpaired) electrons. The predicted molar refractivity (Wildman–Crippen MR) is 117 cm³/mol. The molecule has 0 aliphatic carbocycles. The Bertz CT molecular complexity index is 911. The van der Waals surface area contributed by atoms with Crippen molar-refractivity contribution in [2.24, 2.45) is 5.10 Å². The number of carbonyl (C=O) groups is 3. The summed E-state index contributed by atoms with van der Waals surface area (Å²) in [6.45, 7) is 3.56. The van der Waals surface area contributed by atoms with Gasteiger partial charge in [0, 0.05) is 11.7 Å². The van der Waals surface area contributed by atoms with Gasteiger partial charge in [-0.1, -0.05) is 6.92 Å². The third-order valence-electron chi connectivity index (χ3n) is 4.20. The fourth-order valence-electron chi connectivity index (χ4n) is 2.28. The van der Waals surface area contributed by atoms with E-state index >= 15 is 0 Å². The van der Waals surface area contributed by atoms with Crippen molar-refractivity contribution in [2.45, 2.75) is 26.3 Å². The lowest BCUT2D eigenvalue weighted by atomic mass is 10.2. The highest BCUT2D eigenvalue weighted by atomic mass is 16.5. The number of methoxy groups -OCH3 is 1. The molecule has 0 aliphatic heterocycles. The van der Waals surface area contributed by atoms with Crippen molar-refractivity contribution in [1.82, 2.24) is 10.7 Å². The Morgan fingerprint density at radius 1 is 1.00 bits per heavy atom. The first kappa shape index (κ1) is 23.4. The van der Waals surface area contributed by atoms with Gasteiger partial charge in [0.15, 0.2) is 6.61 Å². The largest absolute Gasteiger partial charge is 0.497 e. The maximum absolute atomic E-state index is 12.0. The van der Waals surface area contributed by atoms with Gasteiger partial charge in [-0.25, -0.2) is 5.43 Å². The summed E-state index contributed by atoms with van der Waals surface area (Å²) in [6.07, 6.45) is 2.12. The molecule has 2 aromatic rings. The topological polar surface area (TPSA) is 118 Å². The van der Waals surface area contributed by atoms with Crippen molar-refractivity contribution in [2.75, 3.05) is 19.0 Å². The number of hydrogen-bond acceptors (Lipinski definition) is 6. The smallest absolute Gasteiger partial charge is 0.329 e. The average Bonchev–Trinajstić information content (AvgIpc) is 2.78. The second kappa shape index (κ2) is 12.0.